The van der Waals surface area contributed by atoms with Crippen LogP contribution in [0.4, 0.5) is 0 Å². The van der Waals surface area contributed by atoms with Gasteiger partial charge in [-0.2, -0.15) is 0 Å². The first-order valence-electron chi connectivity index (χ1n) is 6.07. The lowest BCUT2D eigenvalue weighted by Crippen LogP contribution is -2.25. The fraction of sp³-hybridized carbons (Fsp3) is 0.917. The predicted molar refractivity (Wildman–Crippen MR) is 62.3 cm³/mol. The molecule has 0 unspecified atom stereocenters. The van der Waals surface area contributed by atoms with Crippen LogP contribution in [0.25, 0.3) is 0 Å². The summed E-state index contributed by atoms with van der Waals surface area (Å²) in [6.07, 6.45) is 6.44. The zero-order chi connectivity index (χ0) is 11.5. The number of hydrogen-bond donors (Lipinski definition) is 1. The van der Waals surface area contributed by atoms with Gasteiger partial charge in [0.1, 0.15) is 0 Å². The maximum Gasteiger partial charge on any atom is 0.243 e. The van der Waals surface area contributed by atoms with Gasteiger partial charge in [-0.05, 0) is 12.3 Å². The third kappa shape index (κ3) is 11.4. The standard InChI is InChI=1S/C12H25NO2/c1-4-5-6-7-8-9-12(14)13-15-10-11(2)3/h11H,4-10H2,1-3H3,(H,13,14). The molecule has 3 heteroatoms. The molecule has 0 atom stereocenters. The van der Waals surface area contributed by atoms with Crippen molar-refractivity contribution in [3.63, 3.8) is 0 Å². The normalized spacial score (nSPS) is 10.7. The summed E-state index contributed by atoms with van der Waals surface area (Å²) in [7, 11) is 0. The maximum absolute atomic E-state index is 11.2. The predicted octanol–water partition coefficient (Wildman–Crippen LogP) is 3.05. The summed E-state index contributed by atoms with van der Waals surface area (Å²) in [5.74, 6) is 0.460. The molecular weight excluding hydrogens is 190 g/mol. The van der Waals surface area contributed by atoms with E-state index in [-0.39, 0.29) is 5.91 Å². The molecule has 0 rings (SSSR count). The van der Waals surface area contributed by atoms with E-state index in [1.54, 1.807) is 0 Å². The van der Waals surface area contributed by atoms with Gasteiger partial charge in [0.25, 0.3) is 0 Å². The van der Waals surface area contributed by atoms with Gasteiger partial charge in [0, 0.05) is 6.42 Å². The van der Waals surface area contributed by atoms with Crippen LogP contribution in [0.15, 0.2) is 0 Å². The molecule has 0 aromatic carbocycles. The van der Waals surface area contributed by atoms with Crippen molar-refractivity contribution in [3.05, 3.63) is 0 Å². The highest BCUT2D eigenvalue weighted by Gasteiger charge is 2.01. The van der Waals surface area contributed by atoms with E-state index in [1.165, 1.54) is 19.3 Å². The lowest BCUT2D eigenvalue weighted by molar-refractivity contribution is -0.134. The second-order valence-corrected chi connectivity index (χ2v) is 4.39. The minimum absolute atomic E-state index is 0.00662. The highest BCUT2D eigenvalue weighted by molar-refractivity contribution is 5.74. The third-order valence-electron chi connectivity index (χ3n) is 2.11. The Bertz CT molecular complexity index is 158. The molecule has 0 spiro atoms. The van der Waals surface area contributed by atoms with Crippen LogP contribution in [0.1, 0.15) is 59.3 Å². The zero-order valence-electron chi connectivity index (χ0n) is 10.3. The molecule has 0 aromatic heterocycles. The summed E-state index contributed by atoms with van der Waals surface area (Å²) in [4.78, 5) is 16.3. The molecule has 90 valence electrons. The van der Waals surface area contributed by atoms with Crippen molar-refractivity contribution in [3.8, 4) is 0 Å². The highest BCUT2D eigenvalue weighted by Crippen LogP contribution is 2.04. The summed E-state index contributed by atoms with van der Waals surface area (Å²) >= 11 is 0. The second kappa shape index (κ2) is 9.97. The van der Waals surface area contributed by atoms with Gasteiger partial charge in [-0.15, -0.1) is 0 Å². The Labute approximate surface area is 93.5 Å². The SMILES string of the molecule is CCCCCCCC(=O)NOCC(C)C. The van der Waals surface area contributed by atoms with E-state index in [0.29, 0.717) is 18.9 Å². The average molecular weight is 215 g/mol. The van der Waals surface area contributed by atoms with Gasteiger partial charge in [-0.1, -0.05) is 46.5 Å². The van der Waals surface area contributed by atoms with Crippen LogP contribution in [0, 0.1) is 5.92 Å². The van der Waals surface area contributed by atoms with Crippen molar-refractivity contribution in [1.82, 2.24) is 5.48 Å². The molecule has 0 aliphatic carbocycles. The van der Waals surface area contributed by atoms with Gasteiger partial charge in [-0.3, -0.25) is 9.63 Å². The van der Waals surface area contributed by atoms with Crippen molar-refractivity contribution in [1.29, 1.82) is 0 Å². The number of nitrogens with one attached hydrogen (secondary N) is 1. The van der Waals surface area contributed by atoms with E-state index >= 15 is 0 Å². The number of hydrogen-bond acceptors (Lipinski definition) is 2. The van der Waals surface area contributed by atoms with Crippen LogP contribution < -0.4 is 5.48 Å². The van der Waals surface area contributed by atoms with E-state index in [9.17, 15) is 4.79 Å². The first-order valence-corrected chi connectivity index (χ1v) is 6.07. The molecule has 1 N–H and O–H groups in total. The number of rotatable bonds is 9. The minimum Gasteiger partial charge on any atom is -0.273 e. The summed E-state index contributed by atoms with van der Waals surface area (Å²) in [5, 5.41) is 0. The van der Waals surface area contributed by atoms with Crippen molar-refractivity contribution in [2.24, 2.45) is 5.92 Å². The molecule has 0 aliphatic heterocycles. The number of carbonyl (C=O) groups is 1. The average Bonchev–Trinajstić information content (AvgIpc) is 2.17. The molecule has 3 nitrogen and oxygen atoms in total. The van der Waals surface area contributed by atoms with Gasteiger partial charge in [0.15, 0.2) is 0 Å². The molecule has 1 amide bonds. The Hall–Kier alpha value is -0.570. The number of amides is 1. The van der Waals surface area contributed by atoms with Crippen LogP contribution in [0.2, 0.25) is 0 Å². The molecule has 0 bridgehead atoms. The molecular formula is C12H25NO2. The quantitative estimate of drug-likeness (QED) is 0.474. The topological polar surface area (TPSA) is 38.3 Å². The van der Waals surface area contributed by atoms with Gasteiger partial charge < -0.3 is 0 Å². The maximum atomic E-state index is 11.2. The highest BCUT2D eigenvalue weighted by atomic mass is 16.6. The van der Waals surface area contributed by atoms with Crippen molar-refractivity contribution >= 4 is 5.91 Å². The largest absolute Gasteiger partial charge is 0.273 e. The number of carbonyl (C=O) groups excluding carboxylic acids is 1. The Morgan fingerprint density at radius 3 is 2.47 bits per heavy atom. The monoisotopic (exact) mass is 215 g/mol. The lowest BCUT2D eigenvalue weighted by Gasteiger charge is -2.07. The van der Waals surface area contributed by atoms with E-state index < -0.39 is 0 Å². The summed E-state index contributed by atoms with van der Waals surface area (Å²) in [6, 6.07) is 0. The van der Waals surface area contributed by atoms with Crippen molar-refractivity contribution in [2.45, 2.75) is 59.3 Å². The summed E-state index contributed by atoms with van der Waals surface area (Å²) in [6.45, 7) is 6.88. The van der Waals surface area contributed by atoms with Crippen LogP contribution >= 0.6 is 0 Å². The van der Waals surface area contributed by atoms with Gasteiger partial charge in [0.05, 0.1) is 6.61 Å². The van der Waals surface area contributed by atoms with Crippen LogP contribution in [-0.2, 0) is 9.63 Å². The third-order valence-corrected chi connectivity index (χ3v) is 2.11. The van der Waals surface area contributed by atoms with E-state index in [0.717, 1.165) is 12.8 Å². The molecule has 0 fully saturated rings. The Kier molecular flexibility index (Phi) is 9.59. The van der Waals surface area contributed by atoms with Gasteiger partial charge >= 0.3 is 0 Å². The van der Waals surface area contributed by atoms with Crippen LogP contribution in [0.5, 0.6) is 0 Å². The Balaban J connectivity index is 3.19. The van der Waals surface area contributed by atoms with Crippen LogP contribution in [-0.4, -0.2) is 12.5 Å². The number of hydroxylamine groups is 1. The Morgan fingerprint density at radius 2 is 1.87 bits per heavy atom. The van der Waals surface area contributed by atoms with Gasteiger partial charge in [-0.25, -0.2) is 5.48 Å². The second-order valence-electron chi connectivity index (χ2n) is 4.39. The number of unbranched alkanes of at least 4 members (excludes halogenated alkanes) is 4. The fourth-order valence-corrected chi connectivity index (χ4v) is 1.23. The van der Waals surface area contributed by atoms with Crippen LogP contribution in [0.3, 0.4) is 0 Å². The first-order chi connectivity index (χ1) is 7.16. The lowest BCUT2D eigenvalue weighted by atomic mass is 10.1. The smallest absolute Gasteiger partial charge is 0.243 e. The van der Waals surface area contributed by atoms with E-state index in [2.05, 4.69) is 26.3 Å². The molecule has 15 heavy (non-hydrogen) atoms. The van der Waals surface area contributed by atoms with E-state index in [4.69, 9.17) is 4.84 Å². The first kappa shape index (κ1) is 14.4. The molecule has 0 aromatic rings. The molecule has 0 radical (unpaired) electrons. The zero-order valence-corrected chi connectivity index (χ0v) is 10.3. The summed E-state index contributed by atoms with van der Waals surface area (Å²) < 4.78 is 0. The Morgan fingerprint density at radius 1 is 1.20 bits per heavy atom. The molecule has 0 heterocycles. The summed E-state index contributed by atoms with van der Waals surface area (Å²) in [5.41, 5.74) is 2.47. The fourth-order valence-electron chi connectivity index (χ4n) is 1.23. The molecule has 0 aliphatic rings. The molecule has 0 saturated heterocycles. The van der Waals surface area contributed by atoms with E-state index in [1.807, 2.05) is 0 Å². The minimum atomic E-state index is 0.00662. The van der Waals surface area contributed by atoms with Crippen molar-refractivity contribution in [2.75, 3.05) is 6.61 Å². The van der Waals surface area contributed by atoms with Gasteiger partial charge in [0.2, 0.25) is 5.91 Å². The molecule has 0 saturated carbocycles. The van der Waals surface area contributed by atoms with Crippen molar-refractivity contribution < 1.29 is 9.63 Å².